The van der Waals surface area contributed by atoms with Gasteiger partial charge in [0.05, 0.1) is 74.9 Å². The summed E-state index contributed by atoms with van der Waals surface area (Å²) in [5.74, 6) is 0.476. The molecule has 7 rings (SSSR count). The van der Waals surface area contributed by atoms with Gasteiger partial charge >= 0.3 is 6.09 Å². The fourth-order valence-corrected chi connectivity index (χ4v) is 9.51. The van der Waals surface area contributed by atoms with E-state index < -0.39 is 30.4 Å². The van der Waals surface area contributed by atoms with Gasteiger partial charge in [-0.3, -0.25) is 9.59 Å². The number of anilines is 2. The van der Waals surface area contributed by atoms with E-state index in [1.54, 1.807) is 20.4 Å². The number of aromatic nitrogens is 2. The number of likely N-dealkylation sites (tertiary alicyclic amines) is 2. The van der Waals surface area contributed by atoms with Crippen molar-refractivity contribution in [3.63, 3.8) is 0 Å². The molecule has 7 atom stereocenters. The van der Waals surface area contributed by atoms with Crippen LogP contribution in [0.15, 0.2) is 59.8 Å². The van der Waals surface area contributed by atoms with Crippen LogP contribution in [0.3, 0.4) is 0 Å². The number of hydrogen-bond donors (Lipinski definition) is 5. The molecule has 16 nitrogen and oxygen atoms in total. The van der Waals surface area contributed by atoms with E-state index >= 15 is 0 Å². The van der Waals surface area contributed by atoms with Gasteiger partial charge in [-0.1, -0.05) is 58.1 Å². The summed E-state index contributed by atoms with van der Waals surface area (Å²) in [4.78, 5) is 51.4. The van der Waals surface area contributed by atoms with Gasteiger partial charge in [0.2, 0.25) is 11.8 Å². The number of alkyl carbamates (subject to hydrolysis) is 1. The summed E-state index contributed by atoms with van der Waals surface area (Å²) >= 11 is 0. The van der Waals surface area contributed by atoms with Crippen molar-refractivity contribution in [3.8, 4) is 0 Å². The highest BCUT2D eigenvalue weighted by Gasteiger charge is 2.41. The zero-order chi connectivity index (χ0) is 45.5. The van der Waals surface area contributed by atoms with Crippen molar-refractivity contribution in [1.82, 2.24) is 25.1 Å². The van der Waals surface area contributed by atoms with Gasteiger partial charge in [0.25, 0.3) is 0 Å². The lowest BCUT2D eigenvalue weighted by Gasteiger charge is -2.35. The van der Waals surface area contributed by atoms with Crippen LogP contribution in [0.1, 0.15) is 89.3 Å². The second-order valence-electron chi connectivity index (χ2n) is 18.0. The first kappa shape index (κ1) is 47.0. The Balaban J connectivity index is 1.12. The first-order valence-electron chi connectivity index (χ1n) is 22.9. The number of allylic oxidation sites excluding steroid dienone is 5. The number of methoxy groups -OCH3 is 3. The monoisotopic (exact) mass is 885 g/mol. The molecular weight excluding hydrogens is 817 g/mol. The number of H-pyrrole nitrogens is 1. The van der Waals surface area contributed by atoms with Gasteiger partial charge in [-0.05, 0) is 84.8 Å². The lowest BCUT2D eigenvalue weighted by atomic mass is 9.82. The number of imidazole rings is 1. The van der Waals surface area contributed by atoms with Crippen LogP contribution in [-0.2, 0) is 33.3 Å². The van der Waals surface area contributed by atoms with Crippen LogP contribution in [0.2, 0.25) is 0 Å². The van der Waals surface area contributed by atoms with E-state index in [9.17, 15) is 14.4 Å². The van der Waals surface area contributed by atoms with Crippen LogP contribution in [0, 0.1) is 11.8 Å². The molecule has 4 heterocycles. The molecule has 0 saturated carbocycles. The lowest BCUT2D eigenvalue weighted by Crippen LogP contribution is -2.53. The number of benzene rings is 1. The molecule has 0 spiro atoms. The number of nitrogens with zero attached hydrogens (tertiary/aromatic N) is 3. The highest BCUT2D eigenvalue weighted by molar-refractivity contribution is 5.87. The second kappa shape index (κ2) is 21.3. The maximum absolute atomic E-state index is 13.9. The number of carbonyl (C=O) groups excluding carboxylic acids is 3. The van der Waals surface area contributed by atoms with Crippen molar-refractivity contribution in [1.29, 1.82) is 0 Å². The van der Waals surface area contributed by atoms with Crippen LogP contribution in [0.5, 0.6) is 0 Å². The Labute approximate surface area is 377 Å². The standard InChI is InChI=1S/C48H68N8O8/c1-28(2)40(49)46(57)55-20-9-11-39(55)45-51-35-19-16-32(26-36(35)52-45)30-12-14-31(15-13-30)33-17-18-34(43(64-25-23-61-6)42(33)63-24-22-60-5)37-27-50-44(53-37)38-10-8-21-56(38)47(58)41(29(3)4)54-48(59)62-7/h12,14,16-19,26-29,38-43,45,51-52H,8-11,13,15,20-25,49H2,1-7H3,(H,50,53)(H,54,59). The molecule has 348 valence electrons. The van der Waals surface area contributed by atoms with Crippen LogP contribution in [0.4, 0.5) is 16.2 Å². The topological polar surface area (TPSA) is 195 Å². The maximum Gasteiger partial charge on any atom is 0.407 e. The molecule has 2 aromatic rings. The molecule has 6 N–H and O–H groups in total. The van der Waals surface area contributed by atoms with Crippen molar-refractivity contribution in [2.75, 3.05) is 71.5 Å². The highest BCUT2D eigenvalue weighted by Crippen LogP contribution is 2.41. The van der Waals surface area contributed by atoms with Gasteiger partial charge in [0.15, 0.2) is 0 Å². The smallest absolute Gasteiger partial charge is 0.407 e. The highest BCUT2D eigenvalue weighted by atomic mass is 16.6. The van der Waals surface area contributed by atoms with E-state index in [1.165, 1.54) is 18.3 Å². The summed E-state index contributed by atoms with van der Waals surface area (Å²) in [7, 11) is 4.60. The molecule has 64 heavy (non-hydrogen) atoms. The number of carbonyl (C=O) groups is 3. The first-order chi connectivity index (χ1) is 30.9. The molecule has 7 unspecified atom stereocenters. The van der Waals surface area contributed by atoms with Gasteiger partial charge in [0, 0.05) is 32.9 Å². The zero-order valence-corrected chi connectivity index (χ0v) is 38.5. The Bertz CT molecular complexity index is 2110. The average molecular weight is 885 g/mol. The Morgan fingerprint density at radius 2 is 1.45 bits per heavy atom. The summed E-state index contributed by atoms with van der Waals surface area (Å²) in [6.45, 7) is 10.6. The van der Waals surface area contributed by atoms with Crippen molar-refractivity contribution in [2.24, 2.45) is 17.6 Å². The van der Waals surface area contributed by atoms with Gasteiger partial charge < -0.3 is 60.2 Å². The van der Waals surface area contributed by atoms with Crippen LogP contribution in [0.25, 0.3) is 11.1 Å². The predicted octanol–water partition coefficient (Wildman–Crippen LogP) is 5.78. The fourth-order valence-electron chi connectivity index (χ4n) is 9.51. The molecule has 0 radical (unpaired) electrons. The molecule has 3 amide bonds. The normalized spacial score (nSPS) is 24.1. The van der Waals surface area contributed by atoms with Crippen molar-refractivity contribution < 1.29 is 38.1 Å². The molecule has 5 aliphatic rings. The van der Waals surface area contributed by atoms with Crippen LogP contribution >= 0.6 is 0 Å². The van der Waals surface area contributed by atoms with Crippen molar-refractivity contribution in [3.05, 3.63) is 76.9 Å². The third-order valence-corrected chi connectivity index (χ3v) is 13.2. The minimum absolute atomic E-state index is 0.0241. The molecule has 16 heteroatoms. The fraction of sp³-hybridized carbons (Fsp3) is 0.583. The Morgan fingerprint density at radius 1 is 0.797 bits per heavy atom. The van der Waals surface area contributed by atoms with E-state index in [1.807, 2.05) is 37.5 Å². The number of fused-ring (bicyclic) bond motifs is 1. The van der Waals surface area contributed by atoms with Crippen LogP contribution < -0.4 is 21.7 Å². The molecule has 2 fully saturated rings. The molecule has 3 aliphatic heterocycles. The average Bonchev–Trinajstić information content (AvgIpc) is 4.14. The summed E-state index contributed by atoms with van der Waals surface area (Å²) in [6, 6.07) is 5.01. The lowest BCUT2D eigenvalue weighted by molar-refractivity contribution is -0.135. The number of hydrogen-bond acceptors (Lipinski definition) is 12. The predicted molar refractivity (Wildman–Crippen MR) is 246 cm³/mol. The molecule has 1 aromatic heterocycles. The minimum atomic E-state index is -0.728. The van der Waals surface area contributed by atoms with E-state index in [2.05, 4.69) is 63.4 Å². The summed E-state index contributed by atoms with van der Waals surface area (Å²) in [5, 5.41) is 10.0. The summed E-state index contributed by atoms with van der Waals surface area (Å²) < 4.78 is 28.9. The Hall–Kier alpha value is -5.00. The third kappa shape index (κ3) is 10.3. The third-order valence-electron chi connectivity index (χ3n) is 13.2. The number of ether oxygens (including phenoxy) is 5. The SMILES string of the molecule is COCCOC1C(C2=CC=C(c3ccc4c(c3)NC(C3CCCN3C(=O)C(N)C(C)C)N4)CC2)=CC=C(c2cnc(C3CCCN3C(=O)C(NC(=O)OC)C(C)C)[nH]2)C1OCCOC. The van der Waals surface area contributed by atoms with Gasteiger partial charge in [0.1, 0.15) is 30.2 Å². The quantitative estimate of drug-likeness (QED) is 0.114. The molecule has 2 aliphatic carbocycles. The number of nitrogens with one attached hydrogen (secondary N) is 4. The number of nitrogens with two attached hydrogens (primary N) is 1. The molecule has 2 saturated heterocycles. The molecule has 0 bridgehead atoms. The second-order valence-corrected chi connectivity index (χ2v) is 18.0. The Morgan fingerprint density at radius 3 is 2.12 bits per heavy atom. The van der Waals surface area contributed by atoms with Crippen molar-refractivity contribution in [2.45, 2.75) is 109 Å². The van der Waals surface area contributed by atoms with Gasteiger partial charge in [-0.2, -0.15) is 0 Å². The Kier molecular flexibility index (Phi) is 15.7. The molecular formula is C48H68N8O8. The van der Waals surface area contributed by atoms with Gasteiger partial charge in [-0.25, -0.2) is 9.78 Å². The van der Waals surface area contributed by atoms with Crippen molar-refractivity contribution >= 4 is 40.4 Å². The first-order valence-corrected chi connectivity index (χ1v) is 22.9. The minimum Gasteiger partial charge on any atom is -0.453 e. The molecule has 1 aromatic carbocycles. The summed E-state index contributed by atoms with van der Waals surface area (Å²) in [6.07, 6.45) is 13.8. The van der Waals surface area contributed by atoms with Gasteiger partial charge in [-0.15, -0.1) is 0 Å². The van der Waals surface area contributed by atoms with E-state index in [-0.39, 0.29) is 41.9 Å². The number of aromatic amines is 1. The summed E-state index contributed by atoms with van der Waals surface area (Å²) in [5.41, 5.74) is 14.6. The maximum atomic E-state index is 13.9. The van der Waals surface area contributed by atoms with Crippen LogP contribution in [-0.4, -0.2) is 135 Å². The van der Waals surface area contributed by atoms with E-state index in [0.29, 0.717) is 38.8 Å². The number of rotatable bonds is 18. The number of amides is 3. The largest absolute Gasteiger partial charge is 0.453 e. The van der Waals surface area contributed by atoms with E-state index in [4.69, 9.17) is 34.4 Å². The van der Waals surface area contributed by atoms with E-state index in [0.717, 1.165) is 78.8 Å². The zero-order valence-electron chi connectivity index (χ0n) is 38.5.